The standard InChI is InChI=1S/C20H21N3/c1-15-9-8-13-18(21-15)20-22-17-12-6-3-7-14-19(17)23(20)16-10-4-2-5-11-16/h2,4-6,8-13,19-20H,3,7,14H2,1H3. The number of hydrogen-bond donors (Lipinski definition) is 0. The minimum atomic E-state index is -0.0277. The maximum atomic E-state index is 5.03. The molecule has 0 N–H and O–H groups in total. The summed E-state index contributed by atoms with van der Waals surface area (Å²) in [6, 6.07) is 17.2. The molecule has 1 aliphatic heterocycles. The second-order valence-electron chi connectivity index (χ2n) is 6.22. The molecule has 1 aromatic carbocycles. The number of aromatic nitrogens is 1. The Bertz CT molecular complexity index is 748. The summed E-state index contributed by atoms with van der Waals surface area (Å²) < 4.78 is 0. The molecule has 1 aliphatic carbocycles. The van der Waals surface area contributed by atoms with Crippen molar-refractivity contribution in [1.82, 2.24) is 4.98 Å². The molecule has 3 heteroatoms. The van der Waals surface area contributed by atoms with Crippen molar-refractivity contribution in [3.63, 3.8) is 0 Å². The van der Waals surface area contributed by atoms with E-state index in [0.717, 1.165) is 24.2 Å². The van der Waals surface area contributed by atoms with E-state index in [9.17, 15) is 0 Å². The van der Waals surface area contributed by atoms with Crippen LogP contribution in [0.25, 0.3) is 0 Å². The predicted octanol–water partition coefficient (Wildman–Crippen LogP) is 4.46. The Balaban J connectivity index is 1.81. The molecule has 0 fully saturated rings. The van der Waals surface area contributed by atoms with Gasteiger partial charge in [-0.1, -0.05) is 30.3 Å². The van der Waals surface area contributed by atoms with Crippen LogP contribution in [0, 0.1) is 6.92 Å². The lowest BCUT2D eigenvalue weighted by atomic mass is 10.1. The van der Waals surface area contributed by atoms with Crippen molar-refractivity contribution < 1.29 is 0 Å². The lowest BCUT2D eigenvalue weighted by molar-refractivity contribution is 0.595. The highest BCUT2D eigenvalue weighted by molar-refractivity contribution is 6.03. The van der Waals surface area contributed by atoms with Crippen LogP contribution < -0.4 is 4.90 Å². The van der Waals surface area contributed by atoms with Gasteiger partial charge in [0.2, 0.25) is 0 Å². The number of fused-ring (bicyclic) bond motifs is 1. The Labute approximate surface area is 137 Å². The predicted molar refractivity (Wildman–Crippen MR) is 94.9 cm³/mol. The van der Waals surface area contributed by atoms with Crippen molar-refractivity contribution in [2.45, 2.75) is 38.4 Å². The SMILES string of the molecule is Cc1cccc(C2N=C3C=CCCCC3N2c2ccccc2)n1. The van der Waals surface area contributed by atoms with Gasteiger partial charge in [-0.05, 0) is 56.5 Å². The van der Waals surface area contributed by atoms with Gasteiger partial charge in [-0.25, -0.2) is 0 Å². The Hall–Kier alpha value is -2.42. The Morgan fingerprint density at radius 3 is 2.74 bits per heavy atom. The molecule has 2 aromatic rings. The molecule has 1 aromatic heterocycles. The summed E-state index contributed by atoms with van der Waals surface area (Å²) in [5.74, 6) is 0. The fourth-order valence-corrected chi connectivity index (χ4v) is 3.51. The smallest absolute Gasteiger partial charge is 0.165 e. The van der Waals surface area contributed by atoms with E-state index in [1.54, 1.807) is 0 Å². The van der Waals surface area contributed by atoms with Gasteiger partial charge in [0.05, 0.1) is 17.4 Å². The molecule has 0 radical (unpaired) electrons. The first kappa shape index (κ1) is 14.2. The van der Waals surface area contributed by atoms with E-state index in [0.29, 0.717) is 6.04 Å². The van der Waals surface area contributed by atoms with Crippen LogP contribution in [0.5, 0.6) is 0 Å². The first-order valence-corrected chi connectivity index (χ1v) is 8.34. The molecule has 2 unspecified atom stereocenters. The number of aliphatic imine (C=N–C) groups is 1. The Morgan fingerprint density at radius 1 is 1.04 bits per heavy atom. The van der Waals surface area contributed by atoms with Crippen molar-refractivity contribution in [2.75, 3.05) is 4.90 Å². The normalized spacial score (nSPS) is 23.3. The summed E-state index contributed by atoms with van der Waals surface area (Å²) in [5.41, 5.74) is 4.49. The van der Waals surface area contributed by atoms with Gasteiger partial charge >= 0.3 is 0 Å². The fourth-order valence-electron chi connectivity index (χ4n) is 3.51. The third-order valence-corrected chi connectivity index (χ3v) is 4.58. The van der Waals surface area contributed by atoms with Gasteiger partial charge in [0.1, 0.15) is 0 Å². The molecule has 0 bridgehead atoms. The van der Waals surface area contributed by atoms with Crippen molar-refractivity contribution in [3.8, 4) is 0 Å². The first-order chi connectivity index (χ1) is 11.3. The van der Waals surface area contributed by atoms with Crippen molar-refractivity contribution in [3.05, 3.63) is 72.1 Å². The quantitative estimate of drug-likeness (QED) is 0.819. The number of rotatable bonds is 2. The number of allylic oxidation sites excluding steroid dienone is 1. The third kappa shape index (κ3) is 2.67. The van der Waals surface area contributed by atoms with Crippen LogP contribution in [0.1, 0.15) is 36.8 Å². The molecule has 0 amide bonds. The van der Waals surface area contributed by atoms with Crippen LogP contribution in [0.4, 0.5) is 5.69 Å². The maximum Gasteiger partial charge on any atom is 0.165 e. The van der Waals surface area contributed by atoms with Gasteiger partial charge in [0.15, 0.2) is 6.17 Å². The Kier molecular flexibility index (Phi) is 3.70. The highest BCUT2D eigenvalue weighted by Crippen LogP contribution is 2.37. The number of anilines is 1. The average Bonchev–Trinajstić information content (AvgIpc) is 2.79. The summed E-state index contributed by atoms with van der Waals surface area (Å²) >= 11 is 0. The molecule has 2 atom stereocenters. The molecule has 116 valence electrons. The number of benzene rings is 1. The van der Waals surface area contributed by atoms with Gasteiger partial charge in [-0.3, -0.25) is 9.98 Å². The zero-order valence-corrected chi connectivity index (χ0v) is 13.4. The van der Waals surface area contributed by atoms with E-state index in [1.165, 1.54) is 17.8 Å². The fraction of sp³-hybridized carbons (Fsp3) is 0.300. The average molecular weight is 303 g/mol. The van der Waals surface area contributed by atoms with Gasteiger partial charge in [-0.2, -0.15) is 0 Å². The van der Waals surface area contributed by atoms with E-state index < -0.39 is 0 Å². The van der Waals surface area contributed by atoms with Gasteiger partial charge < -0.3 is 4.90 Å². The van der Waals surface area contributed by atoms with E-state index in [2.05, 4.69) is 59.5 Å². The van der Waals surface area contributed by atoms with E-state index in [1.807, 2.05) is 13.0 Å². The van der Waals surface area contributed by atoms with Crippen LogP contribution in [0.15, 0.2) is 65.7 Å². The van der Waals surface area contributed by atoms with Crippen LogP contribution >= 0.6 is 0 Å². The molecule has 2 heterocycles. The maximum absolute atomic E-state index is 5.03. The summed E-state index contributed by atoms with van der Waals surface area (Å²) in [5, 5.41) is 0. The Morgan fingerprint density at radius 2 is 1.91 bits per heavy atom. The second-order valence-corrected chi connectivity index (χ2v) is 6.22. The summed E-state index contributed by atoms with van der Waals surface area (Å²) in [4.78, 5) is 12.2. The van der Waals surface area contributed by atoms with E-state index in [4.69, 9.17) is 9.98 Å². The van der Waals surface area contributed by atoms with E-state index >= 15 is 0 Å². The number of para-hydroxylation sites is 1. The third-order valence-electron chi connectivity index (χ3n) is 4.58. The monoisotopic (exact) mass is 303 g/mol. The zero-order valence-electron chi connectivity index (χ0n) is 13.4. The van der Waals surface area contributed by atoms with Crippen molar-refractivity contribution >= 4 is 11.4 Å². The van der Waals surface area contributed by atoms with Crippen LogP contribution in [-0.4, -0.2) is 16.7 Å². The van der Waals surface area contributed by atoms with Gasteiger partial charge in [0.25, 0.3) is 0 Å². The number of hydrogen-bond acceptors (Lipinski definition) is 3. The number of nitrogens with zero attached hydrogens (tertiary/aromatic N) is 3. The molecular weight excluding hydrogens is 282 g/mol. The molecule has 2 aliphatic rings. The molecule has 0 saturated carbocycles. The lowest BCUT2D eigenvalue weighted by Gasteiger charge is -2.31. The molecule has 4 rings (SSSR count). The minimum absolute atomic E-state index is 0.0277. The molecule has 0 spiro atoms. The van der Waals surface area contributed by atoms with Crippen LogP contribution in [0.3, 0.4) is 0 Å². The molecule has 23 heavy (non-hydrogen) atoms. The summed E-state index contributed by atoms with van der Waals surface area (Å²) in [6.07, 6.45) is 7.93. The largest absolute Gasteiger partial charge is 0.336 e. The second kappa shape index (κ2) is 5.99. The summed E-state index contributed by atoms with van der Waals surface area (Å²) in [7, 11) is 0. The highest BCUT2D eigenvalue weighted by atomic mass is 15.3. The minimum Gasteiger partial charge on any atom is -0.336 e. The molecular formula is C20H21N3. The molecule has 3 nitrogen and oxygen atoms in total. The van der Waals surface area contributed by atoms with E-state index in [-0.39, 0.29) is 6.17 Å². The summed E-state index contributed by atoms with van der Waals surface area (Å²) in [6.45, 7) is 2.04. The van der Waals surface area contributed by atoms with Gasteiger partial charge in [-0.15, -0.1) is 0 Å². The lowest BCUT2D eigenvalue weighted by Crippen LogP contribution is -2.36. The number of aryl methyl sites for hydroxylation is 1. The van der Waals surface area contributed by atoms with Crippen molar-refractivity contribution in [1.29, 1.82) is 0 Å². The zero-order chi connectivity index (χ0) is 15.6. The number of pyridine rings is 1. The van der Waals surface area contributed by atoms with Crippen molar-refractivity contribution in [2.24, 2.45) is 4.99 Å². The molecule has 0 saturated heterocycles. The van der Waals surface area contributed by atoms with Crippen LogP contribution in [-0.2, 0) is 0 Å². The topological polar surface area (TPSA) is 28.5 Å². The van der Waals surface area contributed by atoms with Crippen LogP contribution in [0.2, 0.25) is 0 Å². The first-order valence-electron chi connectivity index (χ1n) is 8.34. The highest BCUT2D eigenvalue weighted by Gasteiger charge is 2.37. The van der Waals surface area contributed by atoms with Gasteiger partial charge in [0, 0.05) is 11.4 Å².